The summed E-state index contributed by atoms with van der Waals surface area (Å²) in [4.78, 5) is 3.89. The van der Waals surface area contributed by atoms with E-state index in [1.54, 1.807) is 12.3 Å². The van der Waals surface area contributed by atoms with E-state index in [0.29, 0.717) is 12.1 Å². The molecule has 0 unspecified atom stereocenters. The van der Waals surface area contributed by atoms with Gasteiger partial charge >= 0.3 is 0 Å². The Labute approximate surface area is 110 Å². The number of aromatic nitrogens is 1. The maximum atomic E-state index is 11.7. The average Bonchev–Trinajstić information content (AvgIpc) is 2.24. The third-order valence-corrected chi connectivity index (χ3v) is 3.87. The fraction of sp³-hybridized carbons (Fsp3) is 0.500. The molecule has 0 saturated carbocycles. The fourth-order valence-electron chi connectivity index (χ4n) is 1.29. The van der Waals surface area contributed by atoms with E-state index >= 15 is 0 Å². The Morgan fingerprint density at radius 2 is 2.12 bits per heavy atom. The molecule has 1 rings (SSSR count). The highest BCUT2D eigenvalue weighted by molar-refractivity contribution is 9.10. The SMILES string of the molecule is CNCCCCS(=O)(=O)Nc1cncc(Br)c1. The zero-order valence-corrected chi connectivity index (χ0v) is 12.0. The van der Waals surface area contributed by atoms with E-state index in [1.165, 1.54) is 6.20 Å². The van der Waals surface area contributed by atoms with Crippen molar-refractivity contribution in [3.8, 4) is 0 Å². The molecule has 0 radical (unpaired) electrons. The smallest absolute Gasteiger partial charge is 0.232 e. The minimum atomic E-state index is -3.27. The lowest BCUT2D eigenvalue weighted by molar-refractivity contribution is 0.595. The summed E-state index contributed by atoms with van der Waals surface area (Å²) in [5.74, 6) is 0.126. The number of pyridine rings is 1. The third-order valence-electron chi connectivity index (χ3n) is 2.07. The molecule has 0 aliphatic heterocycles. The van der Waals surface area contributed by atoms with Gasteiger partial charge in [-0.15, -0.1) is 0 Å². The number of rotatable bonds is 7. The number of sulfonamides is 1. The van der Waals surface area contributed by atoms with Gasteiger partial charge < -0.3 is 5.32 Å². The molecule has 0 aromatic carbocycles. The number of nitrogens with one attached hydrogen (secondary N) is 2. The van der Waals surface area contributed by atoms with E-state index in [0.717, 1.165) is 17.4 Å². The molecule has 0 saturated heterocycles. The molecule has 1 aromatic rings. The van der Waals surface area contributed by atoms with Crippen molar-refractivity contribution in [1.29, 1.82) is 0 Å². The van der Waals surface area contributed by atoms with Crippen molar-refractivity contribution >= 4 is 31.6 Å². The van der Waals surface area contributed by atoms with Crippen LogP contribution in [-0.2, 0) is 10.0 Å². The highest BCUT2D eigenvalue weighted by atomic mass is 79.9. The van der Waals surface area contributed by atoms with E-state index in [2.05, 4.69) is 31.0 Å². The predicted molar refractivity (Wildman–Crippen MR) is 72.5 cm³/mol. The first-order valence-electron chi connectivity index (χ1n) is 5.29. The summed E-state index contributed by atoms with van der Waals surface area (Å²) < 4.78 is 26.6. The molecular weight excluding hydrogens is 306 g/mol. The van der Waals surface area contributed by atoms with Crippen LogP contribution in [0.3, 0.4) is 0 Å². The van der Waals surface area contributed by atoms with Crippen molar-refractivity contribution in [2.45, 2.75) is 12.8 Å². The van der Waals surface area contributed by atoms with Crippen LogP contribution >= 0.6 is 15.9 Å². The van der Waals surface area contributed by atoms with Gasteiger partial charge in [0.15, 0.2) is 0 Å². The van der Waals surface area contributed by atoms with Crippen molar-refractivity contribution in [2.24, 2.45) is 0 Å². The normalized spacial score (nSPS) is 11.4. The van der Waals surface area contributed by atoms with Crippen molar-refractivity contribution in [2.75, 3.05) is 24.1 Å². The van der Waals surface area contributed by atoms with Crippen LogP contribution in [-0.4, -0.2) is 32.7 Å². The summed E-state index contributed by atoms with van der Waals surface area (Å²) >= 11 is 3.24. The van der Waals surface area contributed by atoms with Gasteiger partial charge in [0.05, 0.1) is 17.6 Å². The first-order chi connectivity index (χ1) is 8.03. The van der Waals surface area contributed by atoms with Crippen molar-refractivity contribution in [3.05, 3.63) is 22.9 Å². The quantitative estimate of drug-likeness (QED) is 0.748. The van der Waals surface area contributed by atoms with Gasteiger partial charge in [0.1, 0.15) is 0 Å². The Bertz CT molecular complexity index is 451. The Balaban J connectivity index is 2.49. The number of hydrogen-bond acceptors (Lipinski definition) is 4. The van der Waals surface area contributed by atoms with Crippen molar-refractivity contribution in [1.82, 2.24) is 10.3 Å². The van der Waals surface area contributed by atoms with Gasteiger partial charge in [-0.3, -0.25) is 9.71 Å². The number of halogens is 1. The van der Waals surface area contributed by atoms with Gasteiger partial charge in [0, 0.05) is 10.7 Å². The molecule has 1 aromatic heterocycles. The van der Waals surface area contributed by atoms with Crippen LogP contribution in [0.2, 0.25) is 0 Å². The van der Waals surface area contributed by atoms with Gasteiger partial charge in [-0.1, -0.05) is 0 Å². The Kier molecular flexibility index (Phi) is 5.87. The Hall–Kier alpha value is -0.660. The molecule has 5 nitrogen and oxygen atoms in total. The van der Waals surface area contributed by atoms with Gasteiger partial charge in [-0.05, 0) is 48.4 Å². The monoisotopic (exact) mass is 321 g/mol. The lowest BCUT2D eigenvalue weighted by Gasteiger charge is -2.07. The lowest BCUT2D eigenvalue weighted by atomic mass is 10.3. The highest BCUT2D eigenvalue weighted by Crippen LogP contribution is 2.15. The molecule has 17 heavy (non-hydrogen) atoms. The van der Waals surface area contributed by atoms with E-state index in [4.69, 9.17) is 0 Å². The molecule has 0 spiro atoms. The number of hydrogen-bond donors (Lipinski definition) is 2. The van der Waals surface area contributed by atoms with E-state index in [-0.39, 0.29) is 5.75 Å². The molecule has 2 N–H and O–H groups in total. The Morgan fingerprint density at radius 1 is 1.35 bits per heavy atom. The molecule has 0 atom stereocenters. The topological polar surface area (TPSA) is 71.1 Å². The van der Waals surface area contributed by atoms with Crippen LogP contribution in [0.25, 0.3) is 0 Å². The molecule has 1 heterocycles. The second-order valence-corrected chi connectivity index (χ2v) is 6.38. The maximum absolute atomic E-state index is 11.7. The summed E-state index contributed by atoms with van der Waals surface area (Å²) in [5.41, 5.74) is 0.480. The van der Waals surface area contributed by atoms with Crippen LogP contribution in [0.4, 0.5) is 5.69 Å². The van der Waals surface area contributed by atoms with Gasteiger partial charge in [0.2, 0.25) is 10.0 Å². The second kappa shape index (κ2) is 6.93. The molecule has 0 aliphatic rings. The van der Waals surface area contributed by atoms with E-state index in [9.17, 15) is 8.42 Å². The molecule has 0 bridgehead atoms. The van der Waals surface area contributed by atoms with Gasteiger partial charge in [0.25, 0.3) is 0 Å². The first-order valence-corrected chi connectivity index (χ1v) is 7.74. The first kappa shape index (κ1) is 14.4. The van der Waals surface area contributed by atoms with Gasteiger partial charge in [-0.25, -0.2) is 8.42 Å². The van der Waals surface area contributed by atoms with Crippen LogP contribution in [0.15, 0.2) is 22.9 Å². The van der Waals surface area contributed by atoms with E-state index in [1.807, 2.05) is 7.05 Å². The zero-order chi connectivity index (χ0) is 12.7. The number of nitrogens with zero attached hydrogens (tertiary/aromatic N) is 1. The van der Waals surface area contributed by atoms with Crippen LogP contribution < -0.4 is 10.0 Å². The molecule has 0 amide bonds. The molecule has 7 heteroatoms. The minimum absolute atomic E-state index is 0.126. The molecule has 96 valence electrons. The highest BCUT2D eigenvalue weighted by Gasteiger charge is 2.10. The predicted octanol–water partition coefficient (Wildman–Crippen LogP) is 1.59. The third kappa shape index (κ3) is 5.99. The van der Waals surface area contributed by atoms with Crippen LogP contribution in [0.5, 0.6) is 0 Å². The summed E-state index contributed by atoms with van der Waals surface area (Å²) in [7, 11) is -1.42. The second-order valence-electron chi connectivity index (χ2n) is 3.62. The maximum Gasteiger partial charge on any atom is 0.232 e. The summed E-state index contributed by atoms with van der Waals surface area (Å²) in [6.45, 7) is 0.827. The summed E-state index contributed by atoms with van der Waals surface area (Å²) in [6, 6.07) is 1.68. The van der Waals surface area contributed by atoms with E-state index < -0.39 is 10.0 Å². The van der Waals surface area contributed by atoms with Crippen LogP contribution in [0.1, 0.15) is 12.8 Å². The fourth-order valence-corrected chi connectivity index (χ4v) is 2.81. The van der Waals surface area contributed by atoms with Crippen molar-refractivity contribution < 1.29 is 8.42 Å². The largest absolute Gasteiger partial charge is 0.320 e. The average molecular weight is 322 g/mol. The Morgan fingerprint density at radius 3 is 2.76 bits per heavy atom. The van der Waals surface area contributed by atoms with Gasteiger partial charge in [-0.2, -0.15) is 0 Å². The lowest BCUT2D eigenvalue weighted by Crippen LogP contribution is -2.18. The molecular formula is C10H16BrN3O2S. The summed E-state index contributed by atoms with van der Waals surface area (Å²) in [5, 5.41) is 2.98. The number of anilines is 1. The van der Waals surface area contributed by atoms with Crippen molar-refractivity contribution in [3.63, 3.8) is 0 Å². The minimum Gasteiger partial charge on any atom is -0.320 e. The summed E-state index contributed by atoms with van der Waals surface area (Å²) in [6.07, 6.45) is 4.56. The van der Waals surface area contributed by atoms with Crippen LogP contribution in [0, 0.1) is 0 Å². The molecule has 0 fully saturated rings. The standard InChI is InChI=1S/C10H16BrN3O2S/c1-12-4-2-3-5-17(15,16)14-10-6-9(11)7-13-8-10/h6-8,12,14H,2-5H2,1H3. The molecule has 0 aliphatic carbocycles. The zero-order valence-electron chi connectivity index (χ0n) is 9.61. The number of unbranched alkanes of at least 4 members (excludes halogenated alkanes) is 1.